The lowest BCUT2D eigenvalue weighted by molar-refractivity contribution is -0.000311. The molecule has 2 N–H and O–H groups in total. The Morgan fingerprint density at radius 2 is 1.97 bits per heavy atom. The van der Waals surface area contributed by atoms with Crippen LogP contribution in [0.15, 0.2) is 48.8 Å². The molecule has 1 unspecified atom stereocenters. The van der Waals surface area contributed by atoms with Crippen molar-refractivity contribution < 1.29 is 24.1 Å². The fraction of sp³-hybridized carbons (Fsp3) is 0.346. The Morgan fingerprint density at radius 1 is 1.23 bits per heavy atom. The fourth-order valence-corrected chi connectivity index (χ4v) is 4.63. The van der Waals surface area contributed by atoms with Gasteiger partial charge in [-0.05, 0) is 55.7 Å². The zero-order valence-electron chi connectivity index (χ0n) is 19.6. The van der Waals surface area contributed by atoms with Gasteiger partial charge in [-0.15, -0.1) is 0 Å². The van der Waals surface area contributed by atoms with Crippen molar-refractivity contribution in [2.45, 2.75) is 31.5 Å². The summed E-state index contributed by atoms with van der Waals surface area (Å²) in [5, 5.41) is 18.6. The molecule has 3 aromatic rings. The summed E-state index contributed by atoms with van der Waals surface area (Å²) in [6.07, 6.45) is 4.24. The molecule has 1 atom stereocenters. The van der Waals surface area contributed by atoms with Crippen LogP contribution >= 0.6 is 0 Å². The number of anilines is 2. The van der Waals surface area contributed by atoms with Gasteiger partial charge >= 0.3 is 0 Å². The van der Waals surface area contributed by atoms with E-state index in [1.165, 1.54) is 35.6 Å². The molecule has 1 spiro atoms. The molecule has 1 aliphatic heterocycles. The van der Waals surface area contributed by atoms with E-state index in [0.717, 1.165) is 25.1 Å². The highest BCUT2D eigenvalue weighted by atomic mass is 19.1. The van der Waals surface area contributed by atoms with Gasteiger partial charge in [-0.3, -0.25) is 4.79 Å². The van der Waals surface area contributed by atoms with Gasteiger partial charge in [0.1, 0.15) is 11.6 Å². The number of carbonyl (C=O) groups excluding carboxylic acids is 1. The maximum atomic E-state index is 14.5. The first kappa shape index (κ1) is 23.2. The van der Waals surface area contributed by atoms with Gasteiger partial charge < -0.3 is 24.7 Å². The highest BCUT2D eigenvalue weighted by Gasteiger charge is 2.52. The number of aliphatic hydroxyl groups is 2. The van der Waals surface area contributed by atoms with Crippen molar-refractivity contribution >= 4 is 17.5 Å². The van der Waals surface area contributed by atoms with Crippen molar-refractivity contribution in [1.29, 1.82) is 0 Å². The molecule has 2 aliphatic rings. The fourth-order valence-electron chi connectivity index (χ4n) is 4.63. The standard InChI is InChI=1S/C26H27FN4O4/c1-16(33)35-19-4-6-22(27)20(12-19)18-13-28-25(29-14-18)31-15-26(7-8-26)21-5-3-17(11-23(21)31)24(34)30(2)9-10-32/h3-6,11-14,16,32-33H,7-10,15H2,1-2H3. The number of nitrogens with zero attached hydrogens (tertiary/aromatic N) is 4. The topological polar surface area (TPSA) is 99.0 Å². The molecule has 1 saturated carbocycles. The van der Waals surface area contributed by atoms with Gasteiger partial charge in [0.15, 0.2) is 6.29 Å². The molecule has 0 bridgehead atoms. The number of benzene rings is 2. The zero-order valence-corrected chi connectivity index (χ0v) is 19.6. The minimum atomic E-state index is -1.02. The highest BCUT2D eigenvalue weighted by Crippen LogP contribution is 2.57. The predicted octanol–water partition coefficient (Wildman–Crippen LogP) is 3.25. The van der Waals surface area contributed by atoms with Crippen LogP contribution in [0.25, 0.3) is 11.1 Å². The number of hydrogen-bond acceptors (Lipinski definition) is 7. The van der Waals surface area contributed by atoms with Gasteiger partial charge in [-0.25, -0.2) is 14.4 Å². The highest BCUT2D eigenvalue weighted by molar-refractivity contribution is 5.96. The van der Waals surface area contributed by atoms with Crippen LogP contribution in [-0.2, 0) is 5.41 Å². The number of rotatable bonds is 7. The molecule has 9 heteroatoms. The number of carbonyl (C=O) groups is 1. The molecular weight excluding hydrogens is 451 g/mol. The summed E-state index contributed by atoms with van der Waals surface area (Å²) in [7, 11) is 1.66. The summed E-state index contributed by atoms with van der Waals surface area (Å²) in [4.78, 5) is 25.3. The van der Waals surface area contributed by atoms with E-state index in [4.69, 9.17) is 4.74 Å². The van der Waals surface area contributed by atoms with Crippen molar-refractivity contribution in [3.05, 3.63) is 65.7 Å². The second kappa shape index (κ2) is 8.90. The minimum absolute atomic E-state index is 0.0503. The van der Waals surface area contributed by atoms with E-state index in [9.17, 15) is 19.4 Å². The second-order valence-electron chi connectivity index (χ2n) is 9.18. The molecule has 0 saturated heterocycles. The van der Waals surface area contributed by atoms with Crippen LogP contribution in [0.3, 0.4) is 0 Å². The van der Waals surface area contributed by atoms with E-state index in [1.54, 1.807) is 19.4 Å². The maximum absolute atomic E-state index is 14.5. The monoisotopic (exact) mass is 478 g/mol. The number of amides is 1. The third kappa shape index (κ3) is 4.33. The van der Waals surface area contributed by atoms with Crippen LogP contribution in [-0.4, -0.2) is 64.0 Å². The Kier molecular flexibility index (Phi) is 5.90. The number of halogens is 1. The average molecular weight is 479 g/mol. The third-order valence-electron chi connectivity index (χ3n) is 6.64. The Labute approximate surface area is 202 Å². The van der Waals surface area contributed by atoms with Crippen molar-refractivity contribution in [3.63, 3.8) is 0 Å². The Bertz CT molecular complexity index is 1260. The predicted molar refractivity (Wildman–Crippen MR) is 128 cm³/mol. The molecule has 35 heavy (non-hydrogen) atoms. The first-order valence-electron chi connectivity index (χ1n) is 11.6. The molecule has 5 rings (SSSR count). The van der Waals surface area contributed by atoms with Gasteiger partial charge in [-0.1, -0.05) is 6.07 Å². The zero-order chi connectivity index (χ0) is 24.7. The molecule has 2 aromatic carbocycles. The van der Waals surface area contributed by atoms with E-state index in [0.29, 0.717) is 22.8 Å². The number of aromatic nitrogens is 2. The van der Waals surface area contributed by atoms with E-state index >= 15 is 0 Å². The van der Waals surface area contributed by atoms with Gasteiger partial charge in [-0.2, -0.15) is 0 Å². The SMILES string of the molecule is CC(O)Oc1ccc(F)c(-c2cnc(N3CC4(CC4)c4ccc(C(=O)N(C)CCO)cc43)nc2)c1. The molecule has 182 valence electrons. The summed E-state index contributed by atoms with van der Waals surface area (Å²) in [6, 6.07) is 9.96. The molecule has 1 amide bonds. The van der Waals surface area contributed by atoms with E-state index in [-0.39, 0.29) is 30.0 Å². The Morgan fingerprint density at radius 3 is 2.63 bits per heavy atom. The number of fused-ring (bicyclic) bond motifs is 2. The largest absolute Gasteiger partial charge is 0.465 e. The number of ether oxygens (including phenoxy) is 1. The van der Waals surface area contributed by atoms with Crippen LogP contribution < -0.4 is 9.64 Å². The van der Waals surface area contributed by atoms with Gasteiger partial charge in [0.2, 0.25) is 5.95 Å². The van der Waals surface area contributed by atoms with Crippen LogP contribution in [0.2, 0.25) is 0 Å². The lowest BCUT2D eigenvalue weighted by atomic mass is 9.97. The smallest absolute Gasteiger partial charge is 0.253 e. The van der Waals surface area contributed by atoms with Crippen molar-refractivity contribution in [1.82, 2.24) is 14.9 Å². The van der Waals surface area contributed by atoms with Crippen LogP contribution in [0.1, 0.15) is 35.7 Å². The summed E-state index contributed by atoms with van der Waals surface area (Å²) in [6.45, 7) is 2.36. The van der Waals surface area contributed by atoms with Crippen LogP contribution in [0.4, 0.5) is 16.0 Å². The average Bonchev–Trinajstić information content (AvgIpc) is 3.56. The van der Waals surface area contributed by atoms with Crippen molar-refractivity contribution in [3.8, 4) is 16.9 Å². The van der Waals surface area contributed by atoms with Gasteiger partial charge in [0.05, 0.1) is 6.61 Å². The Balaban J connectivity index is 1.45. The summed E-state index contributed by atoms with van der Waals surface area (Å²) in [5.41, 5.74) is 3.43. The molecule has 2 heterocycles. The number of aliphatic hydroxyl groups excluding tert-OH is 2. The van der Waals surface area contributed by atoms with Gasteiger partial charge in [0, 0.05) is 60.3 Å². The van der Waals surface area contributed by atoms with Crippen LogP contribution in [0, 0.1) is 5.82 Å². The molecule has 0 radical (unpaired) electrons. The number of likely N-dealkylation sites (N-methyl/N-ethyl adjacent to an activating group) is 1. The maximum Gasteiger partial charge on any atom is 0.253 e. The molecule has 1 fully saturated rings. The Hall–Kier alpha value is -3.56. The summed E-state index contributed by atoms with van der Waals surface area (Å²) >= 11 is 0. The van der Waals surface area contributed by atoms with Gasteiger partial charge in [0.25, 0.3) is 5.91 Å². The first-order chi connectivity index (χ1) is 16.8. The number of hydrogen-bond donors (Lipinski definition) is 2. The molecule has 1 aliphatic carbocycles. The second-order valence-corrected chi connectivity index (χ2v) is 9.18. The summed E-state index contributed by atoms with van der Waals surface area (Å²) in [5.74, 6) is 0.208. The van der Waals surface area contributed by atoms with E-state index < -0.39 is 12.1 Å². The lowest BCUT2D eigenvalue weighted by Crippen LogP contribution is -2.29. The minimum Gasteiger partial charge on any atom is -0.465 e. The molecular formula is C26H27FN4O4. The summed E-state index contributed by atoms with van der Waals surface area (Å²) < 4.78 is 19.8. The normalized spacial score (nSPS) is 16.2. The third-order valence-corrected chi connectivity index (χ3v) is 6.64. The molecule has 1 aromatic heterocycles. The van der Waals surface area contributed by atoms with Crippen molar-refractivity contribution in [2.75, 3.05) is 31.6 Å². The molecule has 8 nitrogen and oxygen atoms in total. The lowest BCUT2D eigenvalue weighted by Gasteiger charge is -2.20. The van der Waals surface area contributed by atoms with E-state index in [2.05, 4.69) is 9.97 Å². The van der Waals surface area contributed by atoms with E-state index in [1.807, 2.05) is 23.1 Å². The first-order valence-corrected chi connectivity index (χ1v) is 11.6. The quantitative estimate of drug-likeness (QED) is 0.503. The van der Waals surface area contributed by atoms with Crippen LogP contribution in [0.5, 0.6) is 5.75 Å². The van der Waals surface area contributed by atoms with Crippen molar-refractivity contribution in [2.24, 2.45) is 0 Å².